The van der Waals surface area contributed by atoms with Gasteiger partial charge in [0.1, 0.15) is 18.2 Å². The first kappa shape index (κ1) is 32.4. The molecule has 252 valence electrons. The minimum Gasteiger partial charge on any atom is -0.478 e. The fourth-order valence-electron chi connectivity index (χ4n) is 6.20. The highest BCUT2D eigenvalue weighted by atomic mass is 35.5. The van der Waals surface area contributed by atoms with Crippen molar-refractivity contribution in [2.24, 2.45) is 4.99 Å². The highest BCUT2D eigenvalue weighted by molar-refractivity contribution is 7.11. The van der Waals surface area contributed by atoms with Crippen molar-refractivity contribution in [2.45, 2.75) is 18.6 Å². The third-order valence-electron chi connectivity index (χ3n) is 8.55. The lowest BCUT2D eigenvalue weighted by Gasteiger charge is -2.38. The van der Waals surface area contributed by atoms with E-state index in [1.165, 1.54) is 55.1 Å². The van der Waals surface area contributed by atoms with E-state index in [4.69, 9.17) is 26.4 Å². The smallest absolute Gasteiger partial charge is 0.338 e. The zero-order valence-electron chi connectivity index (χ0n) is 26.0. The molecule has 0 unspecified atom stereocenters. The number of halogens is 2. The molecule has 2 N–H and O–H groups in total. The number of amidine groups is 1. The van der Waals surface area contributed by atoms with Crippen LogP contribution in [0.15, 0.2) is 76.6 Å². The molecule has 3 aliphatic heterocycles. The molecular formula is C32H29ClFN9O5S. The maximum Gasteiger partial charge on any atom is 0.338 e. The van der Waals surface area contributed by atoms with E-state index in [0.717, 1.165) is 5.56 Å². The molecule has 0 radical (unpaired) electrons. The van der Waals surface area contributed by atoms with Crippen LogP contribution in [0.2, 0.25) is 5.02 Å². The number of thiazole rings is 1. The standard InChI is InChI=1S/C32H29ClFN9O5S/c1-48-30(46)25-24(37-27(28-35-8-11-49-28)38-26(25)22-7-6-20(34)12-23(22)33)16-40-9-10-42-21(14-40)15-43(32(42)47)31-36-17-41(39-31)13-18-2-4-19(5-3-18)29(44)45/h2-8,11-12,17,21,26H,9-10,13-16H2,1H3,(H,37,38)(H,44,45)/t21-,26-/m0/s1. The first-order chi connectivity index (χ1) is 23.7. The Morgan fingerprint density at radius 3 is 2.65 bits per heavy atom. The highest BCUT2D eigenvalue weighted by Crippen LogP contribution is 2.37. The van der Waals surface area contributed by atoms with Crippen LogP contribution in [0.1, 0.15) is 32.5 Å². The van der Waals surface area contributed by atoms with Gasteiger partial charge in [-0.3, -0.25) is 14.8 Å². The van der Waals surface area contributed by atoms with Crippen LogP contribution < -0.4 is 10.2 Å². The van der Waals surface area contributed by atoms with E-state index in [1.807, 2.05) is 5.38 Å². The second-order valence-electron chi connectivity index (χ2n) is 11.6. The van der Waals surface area contributed by atoms with E-state index < -0.39 is 23.8 Å². The Balaban J connectivity index is 1.10. The number of methoxy groups -OCH3 is 1. The number of benzene rings is 2. The fraction of sp³-hybridized carbons (Fsp3) is 0.281. The lowest BCUT2D eigenvalue weighted by Crippen LogP contribution is -2.53. The van der Waals surface area contributed by atoms with E-state index >= 15 is 0 Å². The van der Waals surface area contributed by atoms with Gasteiger partial charge in [-0.05, 0) is 29.8 Å². The Morgan fingerprint density at radius 2 is 1.94 bits per heavy atom. The Bertz CT molecular complexity index is 1980. The van der Waals surface area contributed by atoms with Crippen molar-refractivity contribution in [3.63, 3.8) is 0 Å². The molecule has 2 aromatic heterocycles. The van der Waals surface area contributed by atoms with Gasteiger partial charge in [-0.2, -0.15) is 4.98 Å². The highest BCUT2D eigenvalue weighted by Gasteiger charge is 2.43. The maximum atomic E-state index is 14.0. The average Bonchev–Trinajstić information content (AvgIpc) is 3.86. The molecular weight excluding hydrogens is 677 g/mol. The molecule has 0 saturated carbocycles. The van der Waals surface area contributed by atoms with Gasteiger partial charge in [-0.15, -0.1) is 16.4 Å². The van der Waals surface area contributed by atoms with Crippen LogP contribution in [0.4, 0.5) is 15.1 Å². The average molecular weight is 706 g/mol. The van der Waals surface area contributed by atoms with Crippen molar-refractivity contribution < 1.29 is 28.6 Å². The summed E-state index contributed by atoms with van der Waals surface area (Å²) in [6, 6.07) is 9.22. The third-order valence-corrected chi connectivity index (χ3v) is 9.66. The lowest BCUT2D eigenvalue weighted by molar-refractivity contribution is -0.136. The van der Waals surface area contributed by atoms with Gasteiger partial charge in [0, 0.05) is 54.0 Å². The number of amides is 2. The fourth-order valence-corrected chi connectivity index (χ4v) is 7.06. The molecule has 2 amide bonds. The molecule has 2 atom stereocenters. The summed E-state index contributed by atoms with van der Waals surface area (Å²) in [5.74, 6) is -1.39. The number of aromatic nitrogens is 4. The number of carboxylic acid groups (broad SMARTS) is 1. The number of carbonyl (C=O) groups excluding carboxylic acids is 2. The summed E-state index contributed by atoms with van der Waals surface area (Å²) in [5.41, 5.74) is 2.27. The van der Waals surface area contributed by atoms with Crippen LogP contribution in [0, 0.1) is 5.82 Å². The van der Waals surface area contributed by atoms with Crippen molar-refractivity contribution in [1.29, 1.82) is 0 Å². The number of esters is 1. The minimum absolute atomic E-state index is 0.125. The summed E-state index contributed by atoms with van der Waals surface area (Å²) in [4.78, 5) is 57.0. The number of nitrogens with one attached hydrogen (secondary N) is 1. The third kappa shape index (κ3) is 6.49. The van der Waals surface area contributed by atoms with Crippen LogP contribution in [0.25, 0.3) is 0 Å². The number of carboxylic acids is 1. The Morgan fingerprint density at radius 1 is 1.12 bits per heavy atom. The number of anilines is 1. The van der Waals surface area contributed by atoms with Gasteiger partial charge >= 0.3 is 18.0 Å². The van der Waals surface area contributed by atoms with Crippen molar-refractivity contribution in [2.75, 3.05) is 44.7 Å². The second-order valence-corrected chi connectivity index (χ2v) is 12.9. The molecule has 3 aliphatic rings. The summed E-state index contributed by atoms with van der Waals surface area (Å²) in [6.07, 6.45) is 3.19. The largest absolute Gasteiger partial charge is 0.478 e. The zero-order chi connectivity index (χ0) is 34.2. The molecule has 0 bridgehead atoms. The van der Waals surface area contributed by atoms with E-state index in [1.54, 1.807) is 32.8 Å². The quantitative estimate of drug-likeness (QED) is 0.247. The molecule has 5 heterocycles. The maximum absolute atomic E-state index is 14.0. The lowest BCUT2D eigenvalue weighted by atomic mass is 9.95. The predicted molar refractivity (Wildman–Crippen MR) is 177 cm³/mol. The van der Waals surface area contributed by atoms with Crippen molar-refractivity contribution >= 4 is 52.7 Å². The van der Waals surface area contributed by atoms with Crippen LogP contribution in [-0.4, -0.2) is 104 Å². The van der Waals surface area contributed by atoms with Crippen molar-refractivity contribution in [3.05, 3.63) is 104 Å². The van der Waals surface area contributed by atoms with E-state index in [0.29, 0.717) is 61.4 Å². The number of nitrogens with zero attached hydrogens (tertiary/aromatic N) is 8. The zero-order valence-corrected chi connectivity index (χ0v) is 27.6. The summed E-state index contributed by atoms with van der Waals surface area (Å²) in [6.45, 7) is 2.49. The van der Waals surface area contributed by atoms with Gasteiger partial charge in [-0.25, -0.2) is 28.4 Å². The Hall–Kier alpha value is -5.19. The molecule has 0 spiro atoms. The number of fused-ring (bicyclic) bond motifs is 1. The van der Waals surface area contributed by atoms with Gasteiger partial charge in [-0.1, -0.05) is 29.8 Å². The van der Waals surface area contributed by atoms with Gasteiger partial charge in [0.2, 0.25) is 0 Å². The van der Waals surface area contributed by atoms with E-state index in [-0.39, 0.29) is 34.2 Å². The predicted octanol–water partition coefficient (Wildman–Crippen LogP) is 3.42. The number of rotatable bonds is 9. The first-order valence-electron chi connectivity index (χ1n) is 15.2. The van der Waals surface area contributed by atoms with Gasteiger partial charge in [0.05, 0.1) is 37.4 Å². The molecule has 17 heteroatoms. The van der Waals surface area contributed by atoms with Gasteiger partial charge in [0.15, 0.2) is 10.8 Å². The van der Waals surface area contributed by atoms with E-state index in [2.05, 4.69) is 25.3 Å². The normalized spacial score (nSPS) is 19.5. The molecule has 0 aliphatic carbocycles. The number of ether oxygens (including phenoxy) is 1. The first-order valence-corrected chi connectivity index (χ1v) is 16.5. The van der Waals surface area contributed by atoms with Crippen molar-refractivity contribution in [3.8, 4) is 0 Å². The van der Waals surface area contributed by atoms with Crippen LogP contribution in [0.5, 0.6) is 0 Å². The molecule has 2 fully saturated rings. The number of aromatic carboxylic acids is 1. The number of carbonyl (C=O) groups is 3. The van der Waals surface area contributed by atoms with E-state index in [9.17, 15) is 18.8 Å². The number of hydrogen-bond donors (Lipinski definition) is 2. The summed E-state index contributed by atoms with van der Waals surface area (Å²) in [7, 11) is 1.29. The molecule has 2 saturated heterocycles. The Labute approximate surface area is 288 Å². The minimum atomic E-state index is -0.999. The van der Waals surface area contributed by atoms with Crippen LogP contribution in [0.3, 0.4) is 0 Å². The number of piperazine rings is 1. The molecule has 14 nitrogen and oxygen atoms in total. The van der Waals surface area contributed by atoms with Crippen LogP contribution >= 0.6 is 22.9 Å². The molecule has 7 rings (SSSR count). The SMILES string of the molecule is COC(=O)C1=C(CN2CCN3C(=O)N(c4ncn(Cc5ccc(C(=O)O)cc5)n4)C[C@@H]3C2)NC(c2nccs2)=N[C@H]1c1ccc(F)cc1Cl. The van der Waals surface area contributed by atoms with Gasteiger partial charge in [0.25, 0.3) is 5.95 Å². The van der Waals surface area contributed by atoms with Crippen LogP contribution in [-0.2, 0) is 16.1 Å². The number of urea groups is 1. The molecule has 2 aromatic carbocycles. The van der Waals surface area contributed by atoms with Crippen molar-refractivity contribution in [1.82, 2.24) is 34.9 Å². The number of hydrogen-bond acceptors (Lipinski definition) is 11. The molecule has 49 heavy (non-hydrogen) atoms. The topological polar surface area (TPSA) is 158 Å². The van der Waals surface area contributed by atoms with Gasteiger partial charge < -0.3 is 20.1 Å². The molecule has 4 aromatic rings. The summed E-state index contributed by atoms with van der Waals surface area (Å²) in [5, 5.41) is 19.5. The monoisotopic (exact) mass is 705 g/mol. The second kappa shape index (κ2) is 13.4. The Kier molecular flexibility index (Phi) is 8.83. The summed E-state index contributed by atoms with van der Waals surface area (Å²) >= 11 is 7.86. The number of aliphatic imine (C=N–C) groups is 1. The summed E-state index contributed by atoms with van der Waals surface area (Å²) < 4.78 is 20.8.